The molecular weight excluding hydrogens is 398 g/mol. The average molecular weight is 426 g/mol. The van der Waals surface area contributed by atoms with Crippen LogP contribution in [0, 0.1) is 0 Å². The molecule has 4 rings (SSSR count). The van der Waals surface area contributed by atoms with Gasteiger partial charge in [0.1, 0.15) is 0 Å². The number of aromatic nitrogens is 1. The topological polar surface area (TPSA) is 36.4 Å². The predicted molar refractivity (Wildman–Crippen MR) is 125 cm³/mol. The zero-order valence-corrected chi connectivity index (χ0v) is 18.9. The van der Waals surface area contributed by atoms with E-state index in [1.54, 1.807) is 11.3 Å². The van der Waals surface area contributed by atoms with Crippen LogP contribution in [0.4, 0.5) is 5.13 Å². The van der Waals surface area contributed by atoms with Gasteiger partial charge >= 0.3 is 0 Å². The van der Waals surface area contributed by atoms with E-state index in [-0.39, 0.29) is 5.91 Å². The quantitative estimate of drug-likeness (QED) is 0.518. The first-order valence-corrected chi connectivity index (χ1v) is 11.9. The summed E-state index contributed by atoms with van der Waals surface area (Å²) in [6, 6.07) is 14.6. The van der Waals surface area contributed by atoms with Crippen LogP contribution >= 0.6 is 23.1 Å². The third-order valence-electron chi connectivity index (χ3n) is 5.16. The van der Waals surface area contributed by atoms with Crippen LogP contribution in [0.15, 0.2) is 47.4 Å². The van der Waals surface area contributed by atoms with Crippen LogP contribution in [-0.2, 0) is 6.42 Å². The van der Waals surface area contributed by atoms with Gasteiger partial charge in [0.2, 0.25) is 0 Å². The zero-order valence-electron chi connectivity index (χ0n) is 17.2. The molecule has 3 aromatic rings. The van der Waals surface area contributed by atoms with Crippen LogP contribution in [0.25, 0.3) is 10.2 Å². The molecule has 4 nitrogen and oxygen atoms in total. The summed E-state index contributed by atoms with van der Waals surface area (Å²) in [5.74, 6) is 0.127. The number of thioether (sulfide) groups is 1. The summed E-state index contributed by atoms with van der Waals surface area (Å²) in [6.07, 6.45) is 1.04. The first kappa shape index (κ1) is 20.2. The summed E-state index contributed by atoms with van der Waals surface area (Å²) in [6.45, 7) is 9.65. The molecule has 152 valence electrons. The van der Waals surface area contributed by atoms with Gasteiger partial charge in [0.15, 0.2) is 5.13 Å². The fourth-order valence-electron chi connectivity index (χ4n) is 3.54. The number of hydrogen-bond acceptors (Lipinski definition) is 5. The van der Waals surface area contributed by atoms with Gasteiger partial charge in [0.05, 0.1) is 10.2 Å². The molecule has 0 unspecified atom stereocenters. The van der Waals surface area contributed by atoms with Gasteiger partial charge in [-0.25, -0.2) is 4.98 Å². The van der Waals surface area contributed by atoms with Crippen molar-refractivity contribution in [2.45, 2.75) is 37.3 Å². The number of carbonyl (C=O) groups is 1. The highest BCUT2D eigenvalue weighted by Crippen LogP contribution is 2.30. The Morgan fingerprint density at radius 1 is 1.10 bits per heavy atom. The SMILES string of the molecule is CCc1ccc2nc(N3CCN(C(=O)c4ccc(SC(C)C)cc4)CC3)sc2c1. The zero-order chi connectivity index (χ0) is 20.4. The minimum absolute atomic E-state index is 0.127. The Morgan fingerprint density at radius 3 is 2.48 bits per heavy atom. The molecule has 1 amide bonds. The maximum absolute atomic E-state index is 12.9. The highest BCUT2D eigenvalue weighted by Gasteiger charge is 2.24. The lowest BCUT2D eigenvalue weighted by molar-refractivity contribution is 0.0746. The van der Waals surface area contributed by atoms with Crippen molar-refractivity contribution in [3.8, 4) is 0 Å². The number of hydrogen-bond donors (Lipinski definition) is 0. The Hall–Kier alpha value is -2.05. The van der Waals surface area contributed by atoms with Crippen molar-refractivity contribution >= 4 is 44.4 Å². The van der Waals surface area contributed by atoms with Gasteiger partial charge < -0.3 is 9.80 Å². The molecule has 6 heteroatoms. The minimum Gasteiger partial charge on any atom is -0.345 e. The fraction of sp³-hybridized carbons (Fsp3) is 0.391. The number of aryl methyl sites for hydroxylation is 1. The normalized spacial score (nSPS) is 14.8. The summed E-state index contributed by atoms with van der Waals surface area (Å²) in [4.78, 5) is 23.2. The van der Waals surface area contributed by atoms with Crippen LogP contribution in [-0.4, -0.2) is 47.2 Å². The molecule has 1 fully saturated rings. The van der Waals surface area contributed by atoms with Crippen LogP contribution in [0.2, 0.25) is 0 Å². The number of rotatable bonds is 5. The number of benzene rings is 2. The van der Waals surface area contributed by atoms with E-state index in [9.17, 15) is 4.79 Å². The molecule has 0 saturated carbocycles. The molecule has 1 aliphatic heterocycles. The van der Waals surface area contributed by atoms with Crippen molar-refractivity contribution in [1.82, 2.24) is 9.88 Å². The molecule has 2 heterocycles. The van der Waals surface area contributed by atoms with Crippen molar-refractivity contribution in [2.75, 3.05) is 31.1 Å². The molecule has 2 aromatic carbocycles. The summed E-state index contributed by atoms with van der Waals surface area (Å²) in [5.41, 5.74) is 3.19. The van der Waals surface area contributed by atoms with Gasteiger partial charge in [0, 0.05) is 41.9 Å². The summed E-state index contributed by atoms with van der Waals surface area (Å²) in [7, 11) is 0. The first-order valence-electron chi connectivity index (χ1n) is 10.2. The molecule has 29 heavy (non-hydrogen) atoms. The largest absolute Gasteiger partial charge is 0.345 e. The second-order valence-electron chi connectivity index (χ2n) is 7.62. The smallest absolute Gasteiger partial charge is 0.253 e. The van der Waals surface area contributed by atoms with Crippen LogP contribution in [0.1, 0.15) is 36.7 Å². The molecule has 1 aliphatic rings. The summed E-state index contributed by atoms with van der Waals surface area (Å²) < 4.78 is 1.25. The molecular formula is C23H27N3OS2. The number of fused-ring (bicyclic) bond motifs is 1. The Balaban J connectivity index is 1.39. The van der Waals surface area contributed by atoms with Crippen molar-refractivity contribution in [3.63, 3.8) is 0 Å². The Morgan fingerprint density at radius 2 is 1.83 bits per heavy atom. The predicted octanol–water partition coefficient (Wildman–Crippen LogP) is 5.32. The molecule has 1 aromatic heterocycles. The molecule has 0 N–H and O–H groups in total. The van der Waals surface area contributed by atoms with Gasteiger partial charge in [-0.1, -0.05) is 38.2 Å². The monoisotopic (exact) mass is 425 g/mol. The Labute approximate surface area is 180 Å². The van der Waals surface area contributed by atoms with Crippen LogP contribution < -0.4 is 4.90 Å². The Kier molecular flexibility index (Phi) is 6.11. The lowest BCUT2D eigenvalue weighted by Gasteiger charge is -2.34. The lowest BCUT2D eigenvalue weighted by Crippen LogP contribution is -2.48. The highest BCUT2D eigenvalue weighted by atomic mass is 32.2. The van der Waals surface area contributed by atoms with Crippen molar-refractivity contribution < 1.29 is 4.79 Å². The van der Waals surface area contributed by atoms with E-state index >= 15 is 0 Å². The van der Waals surface area contributed by atoms with Crippen molar-refractivity contribution in [2.24, 2.45) is 0 Å². The molecule has 0 spiro atoms. The summed E-state index contributed by atoms with van der Waals surface area (Å²) >= 11 is 3.57. The van der Waals surface area contributed by atoms with Gasteiger partial charge in [-0.3, -0.25) is 4.79 Å². The van der Waals surface area contributed by atoms with Gasteiger partial charge in [-0.05, 0) is 48.4 Å². The number of amides is 1. The molecule has 0 atom stereocenters. The standard InChI is InChI=1S/C23H27N3OS2/c1-4-17-5-10-20-21(15-17)29-23(24-20)26-13-11-25(12-14-26)22(27)18-6-8-19(9-7-18)28-16(2)3/h5-10,15-16H,4,11-14H2,1-3H3. The second kappa shape index (κ2) is 8.76. The minimum atomic E-state index is 0.127. The molecule has 1 saturated heterocycles. The van der Waals surface area contributed by atoms with E-state index in [0.29, 0.717) is 5.25 Å². The Bertz CT molecular complexity index is 989. The number of piperazine rings is 1. The van der Waals surface area contributed by atoms with E-state index in [0.717, 1.165) is 48.8 Å². The van der Waals surface area contributed by atoms with Crippen molar-refractivity contribution in [1.29, 1.82) is 0 Å². The third-order valence-corrected chi connectivity index (χ3v) is 7.25. The van der Waals surface area contributed by atoms with E-state index in [1.165, 1.54) is 15.2 Å². The number of carbonyl (C=O) groups excluding carboxylic acids is 1. The van der Waals surface area contributed by atoms with Gasteiger partial charge in [-0.2, -0.15) is 0 Å². The average Bonchev–Trinajstić information content (AvgIpc) is 3.16. The highest BCUT2D eigenvalue weighted by molar-refractivity contribution is 7.99. The third kappa shape index (κ3) is 4.59. The molecule has 0 radical (unpaired) electrons. The number of nitrogens with zero attached hydrogens (tertiary/aromatic N) is 3. The first-order chi connectivity index (χ1) is 14.0. The van der Waals surface area contributed by atoms with Gasteiger partial charge in [-0.15, -0.1) is 11.8 Å². The molecule has 0 aliphatic carbocycles. The van der Waals surface area contributed by atoms with E-state index in [2.05, 4.69) is 56.0 Å². The van der Waals surface area contributed by atoms with Gasteiger partial charge in [0.25, 0.3) is 5.91 Å². The van der Waals surface area contributed by atoms with E-state index in [4.69, 9.17) is 4.98 Å². The lowest BCUT2D eigenvalue weighted by atomic mass is 10.2. The number of anilines is 1. The van der Waals surface area contributed by atoms with Crippen LogP contribution in [0.5, 0.6) is 0 Å². The molecule has 0 bridgehead atoms. The summed E-state index contributed by atoms with van der Waals surface area (Å²) in [5, 5.41) is 1.61. The maximum Gasteiger partial charge on any atom is 0.253 e. The van der Waals surface area contributed by atoms with Crippen LogP contribution in [0.3, 0.4) is 0 Å². The second-order valence-corrected chi connectivity index (χ2v) is 10.3. The number of thiazole rings is 1. The van der Waals surface area contributed by atoms with E-state index < -0.39 is 0 Å². The van der Waals surface area contributed by atoms with E-state index in [1.807, 2.05) is 28.8 Å². The maximum atomic E-state index is 12.9. The fourth-order valence-corrected chi connectivity index (χ4v) is 5.46. The van der Waals surface area contributed by atoms with Crippen molar-refractivity contribution in [3.05, 3.63) is 53.6 Å².